The Labute approximate surface area is 196 Å². The molecule has 1 atom stereocenters. The van der Waals surface area contributed by atoms with Crippen LogP contribution >= 0.6 is 23.2 Å². The standard InChI is InChI=1S/C25H19Cl2NO4/c1-16(31-24-12-9-19(26)14-22(24)27)25(29)32-20-10-7-17(8-11-20)13-18(15-28)21-5-3-4-6-23(21)30-2/h3-14,16H,1-2H3/b18-13-. The molecule has 5 nitrogen and oxygen atoms in total. The molecule has 0 fully saturated rings. The van der Waals surface area contributed by atoms with Crippen LogP contribution in [0.3, 0.4) is 0 Å². The normalized spacial score (nSPS) is 11.9. The maximum Gasteiger partial charge on any atom is 0.352 e. The van der Waals surface area contributed by atoms with E-state index in [0.717, 1.165) is 5.56 Å². The highest BCUT2D eigenvalue weighted by atomic mass is 35.5. The van der Waals surface area contributed by atoms with E-state index in [1.807, 2.05) is 18.2 Å². The summed E-state index contributed by atoms with van der Waals surface area (Å²) in [5, 5.41) is 10.3. The van der Waals surface area contributed by atoms with Crippen molar-refractivity contribution >= 4 is 40.8 Å². The van der Waals surface area contributed by atoms with Crippen molar-refractivity contribution in [3.63, 3.8) is 0 Å². The van der Waals surface area contributed by atoms with Crippen LogP contribution in [0.5, 0.6) is 17.2 Å². The molecule has 0 aromatic heterocycles. The smallest absolute Gasteiger partial charge is 0.352 e. The summed E-state index contributed by atoms with van der Waals surface area (Å²) in [5.74, 6) is 0.716. The number of nitriles is 1. The second kappa shape index (κ2) is 10.7. The van der Waals surface area contributed by atoms with E-state index >= 15 is 0 Å². The number of carbonyl (C=O) groups excluding carboxylic acids is 1. The van der Waals surface area contributed by atoms with E-state index in [9.17, 15) is 10.1 Å². The quantitative estimate of drug-likeness (QED) is 0.173. The van der Waals surface area contributed by atoms with Crippen LogP contribution < -0.4 is 14.2 Å². The van der Waals surface area contributed by atoms with Gasteiger partial charge in [0.05, 0.1) is 23.8 Å². The zero-order valence-corrected chi connectivity index (χ0v) is 18.9. The van der Waals surface area contributed by atoms with Gasteiger partial charge in [0, 0.05) is 10.6 Å². The molecule has 0 bridgehead atoms. The highest BCUT2D eigenvalue weighted by Gasteiger charge is 2.19. The molecule has 3 rings (SSSR count). The average Bonchev–Trinajstić information content (AvgIpc) is 2.80. The molecule has 0 spiro atoms. The number of para-hydroxylation sites is 1. The largest absolute Gasteiger partial charge is 0.496 e. The molecule has 162 valence electrons. The van der Waals surface area contributed by atoms with Crippen LogP contribution in [0.25, 0.3) is 11.6 Å². The third-order valence-electron chi connectivity index (χ3n) is 4.46. The number of nitrogens with zero attached hydrogens (tertiary/aromatic N) is 1. The zero-order valence-electron chi connectivity index (χ0n) is 17.3. The third kappa shape index (κ3) is 5.82. The highest BCUT2D eigenvalue weighted by molar-refractivity contribution is 6.35. The number of rotatable bonds is 7. The minimum absolute atomic E-state index is 0.302. The van der Waals surface area contributed by atoms with Crippen LogP contribution in [-0.2, 0) is 4.79 Å². The van der Waals surface area contributed by atoms with Gasteiger partial charge < -0.3 is 14.2 Å². The molecule has 0 aliphatic carbocycles. The molecule has 0 aliphatic rings. The molecule has 0 aliphatic heterocycles. The van der Waals surface area contributed by atoms with Crippen molar-refractivity contribution in [1.82, 2.24) is 0 Å². The lowest BCUT2D eigenvalue weighted by Gasteiger charge is -2.15. The van der Waals surface area contributed by atoms with Crippen LogP contribution in [0.2, 0.25) is 10.0 Å². The Morgan fingerprint density at radius 1 is 1.03 bits per heavy atom. The predicted molar refractivity (Wildman–Crippen MR) is 125 cm³/mol. The van der Waals surface area contributed by atoms with Crippen molar-refractivity contribution in [3.8, 4) is 23.3 Å². The van der Waals surface area contributed by atoms with Crippen molar-refractivity contribution in [2.45, 2.75) is 13.0 Å². The van der Waals surface area contributed by atoms with Gasteiger partial charge in [-0.15, -0.1) is 0 Å². The lowest BCUT2D eigenvalue weighted by atomic mass is 10.0. The van der Waals surface area contributed by atoms with Crippen molar-refractivity contribution < 1.29 is 19.0 Å². The molecule has 32 heavy (non-hydrogen) atoms. The first kappa shape index (κ1) is 23.2. The third-order valence-corrected chi connectivity index (χ3v) is 4.99. The first-order chi connectivity index (χ1) is 15.4. The first-order valence-corrected chi connectivity index (χ1v) is 10.4. The Bertz CT molecular complexity index is 1180. The fourth-order valence-corrected chi connectivity index (χ4v) is 3.30. The summed E-state index contributed by atoms with van der Waals surface area (Å²) in [6.07, 6.45) is 0.849. The molecule has 0 heterocycles. The molecule has 0 radical (unpaired) electrons. The Hall–Kier alpha value is -3.46. The molecular weight excluding hydrogens is 449 g/mol. The van der Waals surface area contributed by atoms with Crippen molar-refractivity contribution in [1.29, 1.82) is 5.26 Å². The lowest BCUT2D eigenvalue weighted by molar-refractivity contribution is -0.141. The van der Waals surface area contributed by atoms with E-state index in [1.54, 1.807) is 62.6 Å². The molecule has 0 saturated heterocycles. The van der Waals surface area contributed by atoms with Crippen LogP contribution in [0.1, 0.15) is 18.1 Å². The maximum atomic E-state index is 12.4. The summed E-state index contributed by atoms with van der Waals surface area (Å²) in [5.41, 5.74) is 1.92. The van der Waals surface area contributed by atoms with Gasteiger partial charge in [-0.2, -0.15) is 5.26 Å². The molecule has 3 aromatic carbocycles. The number of methoxy groups -OCH3 is 1. The molecule has 0 amide bonds. The van der Waals surface area contributed by atoms with Crippen molar-refractivity contribution in [2.24, 2.45) is 0 Å². The van der Waals surface area contributed by atoms with Crippen LogP contribution in [0, 0.1) is 11.3 Å². The second-order valence-electron chi connectivity index (χ2n) is 6.70. The second-order valence-corrected chi connectivity index (χ2v) is 7.54. The SMILES string of the molecule is COc1ccccc1/C(C#N)=C\c1ccc(OC(=O)C(C)Oc2ccc(Cl)cc2Cl)cc1. The van der Waals surface area contributed by atoms with Crippen molar-refractivity contribution in [3.05, 3.63) is 87.9 Å². The van der Waals surface area contributed by atoms with Gasteiger partial charge >= 0.3 is 5.97 Å². The molecule has 0 saturated carbocycles. The summed E-state index contributed by atoms with van der Waals surface area (Å²) in [6, 6.07) is 21.0. The molecule has 7 heteroatoms. The Kier molecular flexibility index (Phi) is 7.77. The van der Waals surface area contributed by atoms with E-state index < -0.39 is 12.1 Å². The van der Waals surface area contributed by atoms with E-state index in [4.69, 9.17) is 37.4 Å². The van der Waals surface area contributed by atoms with Gasteiger partial charge in [0.15, 0.2) is 6.10 Å². The summed E-state index contributed by atoms with van der Waals surface area (Å²) in [6.45, 7) is 1.57. The summed E-state index contributed by atoms with van der Waals surface area (Å²) in [4.78, 5) is 12.4. The summed E-state index contributed by atoms with van der Waals surface area (Å²) in [7, 11) is 1.56. The predicted octanol–water partition coefficient (Wildman–Crippen LogP) is 6.44. The number of hydrogen-bond donors (Lipinski definition) is 0. The van der Waals surface area contributed by atoms with Gasteiger partial charge in [-0.25, -0.2) is 4.79 Å². The fraction of sp³-hybridized carbons (Fsp3) is 0.120. The minimum atomic E-state index is -0.885. The fourth-order valence-electron chi connectivity index (χ4n) is 2.84. The van der Waals surface area contributed by atoms with Gasteiger partial charge in [0.1, 0.15) is 17.2 Å². The van der Waals surface area contributed by atoms with Crippen LogP contribution in [-0.4, -0.2) is 19.2 Å². The lowest BCUT2D eigenvalue weighted by Crippen LogP contribution is -2.28. The van der Waals surface area contributed by atoms with Gasteiger partial charge in [0.25, 0.3) is 0 Å². The Balaban J connectivity index is 1.69. The van der Waals surface area contributed by atoms with Gasteiger partial charge in [0.2, 0.25) is 0 Å². The minimum Gasteiger partial charge on any atom is -0.496 e. The average molecular weight is 468 g/mol. The van der Waals surface area contributed by atoms with E-state index in [2.05, 4.69) is 6.07 Å². The number of allylic oxidation sites excluding steroid dienone is 1. The number of esters is 1. The van der Waals surface area contributed by atoms with Crippen molar-refractivity contribution in [2.75, 3.05) is 7.11 Å². The van der Waals surface area contributed by atoms with E-state index in [-0.39, 0.29) is 0 Å². The van der Waals surface area contributed by atoms with Gasteiger partial charge in [-0.1, -0.05) is 47.5 Å². The number of hydrogen-bond acceptors (Lipinski definition) is 5. The molecule has 1 unspecified atom stereocenters. The Morgan fingerprint density at radius 3 is 2.41 bits per heavy atom. The highest BCUT2D eigenvalue weighted by Crippen LogP contribution is 2.29. The van der Waals surface area contributed by atoms with Gasteiger partial charge in [-0.05, 0) is 61.0 Å². The van der Waals surface area contributed by atoms with E-state index in [1.165, 1.54) is 6.07 Å². The number of benzene rings is 3. The Morgan fingerprint density at radius 2 is 1.75 bits per heavy atom. The number of ether oxygens (including phenoxy) is 3. The number of halogens is 2. The molecular formula is C25H19Cl2NO4. The molecule has 0 N–H and O–H groups in total. The van der Waals surface area contributed by atoms with E-state index in [0.29, 0.717) is 38.4 Å². The molecule has 3 aromatic rings. The zero-order chi connectivity index (χ0) is 23.1. The maximum absolute atomic E-state index is 12.4. The van der Waals surface area contributed by atoms with Crippen LogP contribution in [0.15, 0.2) is 66.7 Å². The monoisotopic (exact) mass is 467 g/mol. The topological polar surface area (TPSA) is 68.5 Å². The summed E-state index contributed by atoms with van der Waals surface area (Å²) < 4.78 is 16.3. The van der Waals surface area contributed by atoms with Gasteiger partial charge in [-0.3, -0.25) is 0 Å². The number of carbonyl (C=O) groups is 1. The first-order valence-electron chi connectivity index (χ1n) is 9.60. The summed E-state index contributed by atoms with van der Waals surface area (Å²) >= 11 is 11.9. The van der Waals surface area contributed by atoms with Crippen LogP contribution in [0.4, 0.5) is 0 Å².